The van der Waals surface area contributed by atoms with Crippen molar-refractivity contribution in [3.63, 3.8) is 0 Å². The molecule has 0 radical (unpaired) electrons. The Kier molecular flexibility index (Phi) is 2.55. The van der Waals surface area contributed by atoms with Gasteiger partial charge in [0.15, 0.2) is 0 Å². The maximum absolute atomic E-state index is 5.82. The molecular formula is C10H8INS. The molecule has 0 unspecified atom stereocenters. The van der Waals surface area contributed by atoms with Crippen molar-refractivity contribution in [2.45, 2.75) is 0 Å². The highest BCUT2D eigenvalue weighted by atomic mass is 127. The van der Waals surface area contributed by atoms with Gasteiger partial charge in [0.2, 0.25) is 0 Å². The van der Waals surface area contributed by atoms with Crippen molar-refractivity contribution in [1.82, 2.24) is 0 Å². The van der Waals surface area contributed by atoms with Crippen LogP contribution in [-0.2, 0) is 0 Å². The fourth-order valence-corrected chi connectivity index (χ4v) is 2.20. The topological polar surface area (TPSA) is 26.0 Å². The van der Waals surface area contributed by atoms with Crippen LogP contribution < -0.4 is 5.73 Å². The zero-order valence-electron chi connectivity index (χ0n) is 6.83. The third kappa shape index (κ3) is 1.86. The summed E-state index contributed by atoms with van der Waals surface area (Å²) in [5.74, 6) is 0. The normalized spacial score (nSPS) is 10.2. The van der Waals surface area contributed by atoms with E-state index in [0.29, 0.717) is 0 Å². The first kappa shape index (κ1) is 9.02. The van der Waals surface area contributed by atoms with Crippen LogP contribution in [0, 0.1) is 3.57 Å². The second kappa shape index (κ2) is 3.67. The third-order valence-electron chi connectivity index (χ3n) is 1.80. The molecule has 2 rings (SSSR count). The van der Waals surface area contributed by atoms with Crippen molar-refractivity contribution >= 4 is 39.6 Å². The molecule has 0 fully saturated rings. The number of halogens is 1. The van der Waals surface area contributed by atoms with Gasteiger partial charge in [-0.25, -0.2) is 0 Å². The molecule has 2 aromatic rings. The first-order chi connectivity index (χ1) is 6.27. The van der Waals surface area contributed by atoms with E-state index in [1.54, 1.807) is 11.3 Å². The summed E-state index contributed by atoms with van der Waals surface area (Å²) in [4.78, 5) is 1.27. The van der Waals surface area contributed by atoms with Crippen LogP contribution in [0.15, 0.2) is 35.7 Å². The Morgan fingerprint density at radius 3 is 2.69 bits per heavy atom. The molecule has 1 aromatic carbocycles. The van der Waals surface area contributed by atoms with E-state index in [4.69, 9.17) is 5.73 Å². The molecule has 13 heavy (non-hydrogen) atoms. The molecule has 66 valence electrons. The molecule has 1 heterocycles. The van der Waals surface area contributed by atoms with Gasteiger partial charge >= 0.3 is 0 Å². The summed E-state index contributed by atoms with van der Waals surface area (Å²) >= 11 is 3.97. The highest BCUT2D eigenvalue weighted by molar-refractivity contribution is 14.1. The van der Waals surface area contributed by atoms with Crippen LogP contribution in [0.5, 0.6) is 0 Å². The second-order valence-corrected chi connectivity index (χ2v) is 4.82. The highest BCUT2D eigenvalue weighted by Gasteiger charge is 2.00. The summed E-state index contributed by atoms with van der Waals surface area (Å²) in [6.45, 7) is 0. The predicted octanol–water partition coefficient (Wildman–Crippen LogP) is 3.60. The molecule has 0 bridgehead atoms. The van der Waals surface area contributed by atoms with Gasteiger partial charge in [0.05, 0.1) is 0 Å². The minimum Gasteiger partial charge on any atom is -0.398 e. The molecule has 1 nitrogen and oxygen atoms in total. The second-order valence-electron chi connectivity index (χ2n) is 2.71. The lowest BCUT2D eigenvalue weighted by Gasteiger charge is -2.01. The van der Waals surface area contributed by atoms with Gasteiger partial charge < -0.3 is 5.73 Å². The van der Waals surface area contributed by atoms with Crippen molar-refractivity contribution in [3.05, 3.63) is 39.3 Å². The molecule has 0 atom stereocenters. The lowest BCUT2D eigenvalue weighted by Crippen LogP contribution is -1.88. The lowest BCUT2D eigenvalue weighted by molar-refractivity contribution is 1.62. The first-order valence-corrected chi connectivity index (χ1v) is 5.82. The van der Waals surface area contributed by atoms with Gasteiger partial charge in [0.1, 0.15) is 0 Å². The number of hydrogen-bond donors (Lipinski definition) is 1. The van der Waals surface area contributed by atoms with E-state index in [9.17, 15) is 0 Å². The number of nitrogens with two attached hydrogens (primary N) is 1. The van der Waals surface area contributed by atoms with Crippen molar-refractivity contribution in [2.75, 3.05) is 5.73 Å². The van der Waals surface area contributed by atoms with Gasteiger partial charge in [-0.15, -0.1) is 11.3 Å². The van der Waals surface area contributed by atoms with Gasteiger partial charge in [-0.1, -0.05) is 12.1 Å². The van der Waals surface area contributed by atoms with E-state index in [1.807, 2.05) is 18.2 Å². The lowest BCUT2D eigenvalue weighted by atomic mass is 10.2. The van der Waals surface area contributed by atoms with Gasteiger partial charge in [-0.2, -0.15) is 0 Å². The Labute approximate surface area is 94.7 Å². The zero-order valence-corrected chi connectivity index (χ0v) is 9.80. The van der Waals surface area contributed by atoms with E-state index < -0.39 is 0 Å². The molecule has 0 aliphatic heterocycles. The molecule has 3 heteroatoms. The maximum Gasteiger partial charge on any atom is 0.0456 e. The number of hydrogen-bond acceptors (Lipinski definition) is 2. The number of nitrogen functional groups attached to an aromatic ring is 1. The van der Waals surface area contributed by atoms with Crippen molar-refractivity contribution in [2.24, 2.45) is 0 Å². The van der Waals surface area contributed by atoms with Gasteiger partial charge in [-0.3, -0.25) is 0 Å². The average Bonchev–Trinajstić information content (AvgIpc) is 2.62. The van der Waals surface area contributed by atoms with Crippen LogP contribution in [0.25, 0.3) is 10.4 Å². The monoisotopic (exact) mass is 301 g/mol. The summed E-state index contributed by atoms with van der Waals surface area (Å²) in [7, 11) is 0. The number of thiophene rings is 1. The van der Waals surface area contributed by atoms with E-state index in [-0.39, 0.29) is 0 Å². The average molecular weight is 301 g/mol. The minimum atomic E-state index is 0.853. The van der Waals surface area contributed by atoms with E-state index in [1.165, 1.54) is 10.4 Å². The third-order valence-corrected chi connectivity index (χ3v) is 3.70. The maximum atomic E-state index is 5.82. The van der Waals surface area contributed by atoms with Crippen LogP contribution in [-0.4, -0.2) is 0 Å². The zero-order chi connectivity index (χ0) is 9.26. The Bertz CT molecular complexity index is 409. The fraction of sp³-hybridized carbons (Fsp3) is 0. The molecular weight excluding hydrogens is 293 g/mol. The predicted molar refractivity (Wildman–Crippen MR) is 66.9 cm³/mol. The summed E-state index contributed by atoms with van der Waals surface area (Å²) < 4.78 is 1.11. The van der Waals surface area contributed by atoms with E-state index in [0.717, 1.165) is 9.26 Å². The van der Waals surface area contributed by atoms with Crippen molar-refractivity contribution in [3.8, 4) is 10.4 Å². The fourth-order valence-electron chi connectivity index (χ4n) is 1.14. The smallest absolute Gasteiger partial charge is 0.0456 e. The van der Waals surface area contributed by atoms with Crippen LogP contribution in [0.4, 0.5) is 5.69 Å². The van der Waals surface area contributed by atoms with Crippen LogP contribution in [0.1, 0.15) is 0 Å². The van der Waals surface area contributed by atoms with E-state index >= 15 is 0 Å². The molecule has 2 N–H and O–H groups in total. The van der Waals surface area contributed by atoms with Gasteiger partial charge in [0.25, 0.3) is 0 Å². The molecule has 0 saturated carbocycles. The summed E-state index contributed by atoms with van der Waals surface area (Å²) in [5, 5.41) is 2.07. The summed E-state index contributed by atoms with van der Waals surface area (Å²) in [6.07, 6.45) is 0. The molecule has 0 saturated heterocycles. The minimum absolute atomic E-state index is 0.853. The highest BCUT2D eigenvalue weighted by Crippen LogP contribution is 2.28. The molecule has 0 aliphatic carbocycles. The number of rotatable bonds is 1. The standard InChI is InChI=1S/C10H8INS/c11-8-4-3-7(6-9(8)12)10-2-1-5-13-10/h1-6H,12H2. The number of anilines is 1. The molecule has 0 spiro atoms. The quantitative estimate of drug-likeness (QED) is 0.632. The summed E-state index contributed by atoms with van der Waals surface area (Å²) in [6, 6.07) is 10.3. The Balaban J connectivity index is 2.49. The first-order valence-electron chi connectivity index (χ1n) is 3.86. The molecule has 0 amide bonds. The molecule has 0 aliphatic rings. The van der Waals surface area contributed by atoms with Gasteiger partial charge in [-0.05, 0) is 51.7 Å². The Morgan fingerprint density at radius 1 is 1.23 bits per heavy atom. The van der Waals surface area contributed by atoms with Crippen molar-refractivity contribution < 1.29 is 0 Å². The van der Waals surface area contributed by atoms with Crippen LogP contribution >= 0.6 is 33.9 Å². The van der Waals surface area contributed by atoms with E-state index in [2.05, 4.69) is 40.1 Å². The summed E-state index contributed by atoms with van der Waals surface area (Å²) in [5.41, 5.74) is 7.88. The van der Waals surface area contributed by atoms with Gasteiger partial charge in [0, 0.05) is 14.1 Å². The largest absolute Gasteiger partial charge is 0.398 e. The van der Waals surface area contributed by atoms with Crippen LogP contribution in [0.3, 0.4) is 0 Å². The van der Waals surface area contributed by atoms with Crippen molar-refractivity contribution in [1.29, 1.82) is 0 Å². The Morgan fingerprint density at radius 2 is 2.08 bits per heavy atom. The number of benzene rings is 1. The Hall–Kier alpha value is -0.550. The van der Waals surface area contributed by atoms with Crippen LogP contribution in [0.2, 0.25) is 0 Å². The molecule has 1 aromatic heterocycles. The SMILES string of the molecule is Nc1cc(-c2cccs2)ccc1I.